The summed E-state index contributed by atoms with van der Waals surface area (Å²) in [5.74, 6) is 0.510. The maximum Gasteiger partial charge on any atom is 0.139 e. The first-order valence-corrected chi connectivity index (χ1v) is 6.27. The smallest absolute Gasteiger partial charge is 0.139 e. The van der Waals surface area contributed by atoms with Gasteiger partial charge >= 0.3 is 0 Å². The third-order valence-corrected chi connectivity index (χ3v) is 2.63. The molecule has 2 rings (SSSR count). The molecule has 0 aliphatic rings. The van der Waals surface area contributed by atoms with Gasteiger partial charge in [-0.25, -0.2) is 0 Å². The topological polar surface area (TPSA) is 60.8 Å². The van der Waals surface area contributed by atoms with Crippen LogP contribution in [0.5, 0.6) is 0 Å². The first kappa shape index (κ1) is 13.9. The van der Waals surface area contributed by atoms with Crippen molar-refractivity contribution in [1.82, 2.24) is 20.4 Å². The van der Waals surface area contributed by atoms with Crippen LogP contribution >= 0.6 is 0 Å². The number of hydrogen-bond donors (Lipinski definition) is 0. The van der Waals surface area contributed by atoms with Crippen LogP contribution in [-0.4, -0.2) is 27.0 Å². The first-order chi connectivity index (χ1) is 9.61. The Morgan fingerprint density at radius 1 is 0.950 bits per heavy atom. The van der Waals surface area contributed by atoms with Gasteiger partial charge in [-0.15, -0.1) is 15.3 Å². The van der Waals surface area contributed by atoms with Crippen molar-refractivity contribution in [2.75, 3.05) is 6.61 Å². The molecule has 2 heterocycles. The van der Waals surface area contributed by atoms with Gasteiger partial charge in [0.05, 0.1) is 12.3 Å². The van der Waals surface area contributed by atoms with E-state index in [0.717, 1.165) is 11.3 Å². The van der Waals surface area contributed by atoms with E-state index >= 15 is 0 Å². The molecule has 0 saturated heterocycles. The first-order valence-electron chi connectivity index (χ1n) is 6.27. The maximum absolute atomic E-state index is 5.28. The lowest BCUT2D eigenvalue weighted by atomic mass is 10.2. The molecule has 0 atom stereocenters. The Hall–Kier alpha value is -2.56. The number of nitrogens with zero attached hydrogens (tertiary/aromatic N) is 4. The zero-order chi connectivity index (χ0) is 14.5. The van der Waals surface area contributed by atoms with Crippen LogP contribution in [0.2, 0.25) is 0 Å². The highest BCUT2D eigenvalue weighted by atomic mass is 16.5. The van der Waals surface area contributed by atoms with Gasteiger partial charge in [-0.2, -0.15) is 5.10 Å². The van der Waals surface area contributed by atoms with E-state index in [1.807, 2.05) is 32.0 Å². The van der Waals surface area contributed by atoms with E-state index in [1.165, 1.54) is 0 Å². The third-order valence-electron chi connectivity index (χ3n) is 2.63. The average Bonchev–Trinajstić information content (AvgIpc) is 2.48. The largest absolute Gasteiger partial charge is 0.492 e. The third kappa shape index (κ3) is 3.06. The number of ether oxygens (including phenoxy) is 1. The van der Waals surface area contributed by atoms with Gasteiger partial charge in [0.15, 0.2) is 0 Å². The summed E-state index contributed by atoms with van der Waals surface area (Å²) < 4.78 is 5.28. The van der Waals surface area contributed by atoms with Crippen LogP contribution < -0.4 is 0 Å². The van der Waals surface area contributed by atoms with E-state index in [-0.39, 0.29) is 0 Å². The van der Waals surface area contributed by atoms with Crippen LogP contribution in [0, 0.1) is 0 Å². The highest BCUT2D eigenvalue weighted by Gasteiger charge is 2.06. The predicted molar refractivity (Wildman–Crippen MR) is 78.4 cm³/mol. The molecule has 0 bridgehead atoms. The zero-order valence-electron chi connectivity index (χ0n) is 11.6. The van der Waals surface area contributed by atoms with Gasteiger partial charge in [0.1, 0.15) is 22.8 Å². The van der Waals surface area contributed by atoms with E-state index in [9.17, 15) is 0 Å². The summed E-state index contributed by atoms with van der Waals surface area (Å²) in [6, 6.07) is 7.32. The second-order valence-electron chi connectivity index (χ2n) is 4.24. The summed E-state index contributed by atoms with van der Waals surface area (Å²) in [4.78, 5) is 0. The van der Waals surface area contributed by atoms with Gasteiger partial charge in [-0.3, -0.25) is 0 Å². The molecule has 0 radical (unpaired) electrons. The fraction of sp³-hybridized carbons (Fsp3) is 0.200. The molecular formula is C15H16N4O. The van der Waals surface area contributed by atoms with Crippen molar-refractivity contribution in [3.63, 3.8) is 0 Å². The predicted octanol–water partition coefficient (Wildman–Crippen LogP) is 2.97. The van der Waals surface area contributed by atoms with E-state index in [1.54, 1.807) is 6.07 Å². The van der Waals surface area contributed by atoms with Crippen LogP contribution in [0.1, 0.15) is 25.2 Å². The lowest BCUT2D eigenvalue weighted by Gasteiger charge is -2.05. The van der Waals surface area contributed by atoms with Gasteiger partial charge in [0, 0.05) is 0 Å². The van der Waals surface area contributed by atoms with E-state index in [4.69, 9.17) is 4.74 Å². The molecule has 0 aromatic carbocycles. The molecule has 5 nitrogen and oxygen atoms in total. The molecule has 0 N–H and O–H groups in total. The summed E-state index contributed by atoms with van der Waals surface area (Å²) >= 11 is 0. The second-order valence-corrected chi connectivity index (χ2v) is 4.24. The normalized spacial score (nSPS) is 10.1. The highest BCUT2D eigenvalue weighted by molar-refractivity contribution is 5.61. The molecule has 0 saturated carbocycles. The second kappa shape index (κ2) is 6.06. The van der Waals surface area contributed by atoms with E-state index < -0.39 is 0 Å². The summed E-state index contributed by atoms with van der Waals surface area (Å²) in [6.45, 7) is 11.9. The lowest BCUT2D eigenvalue weighted by molar-refractivity contribution is 0.297. The fourth-order valence-corrected chi connectivity index (χ4v) is 1.56. The number of hydrogen-bond acceptors (Lipinski definition) is 5. The van der Waals surface area contributed by atoms with Gasteiger partial charge in [-0.05, 0) is 43.7 Å². The van der Waals surface area contributed by atoms with Gasteiger partial charge < -0.3 is 4.74 Å². The van der Waals surface area contributed by atoms with Crippen LogP contribution in [0.25, 0.3) is 22.7 Å². The van der Waals surface area contributed by atoms with E-state index in [0.29, 0.717) is 29.4 Å². The molecule has 2 aromatic rings. The Labute approximate surface area is 118 Å². The van der Waals surface area contributed by atoms with Crippen LogP contribution in [-0.2, 0) is 4.74 Å². The molecule has 0 aliphatic heterocycles. The van der Waals surface area contributed by atoms with Crippen molar-refractivity contribution in [2.45, 2.75) is 13.8 Å². The molecule has 5 heteroatoms. The van der Waals surface area contributed by atoms with Crippen molar-refractivity contribution in [3.8, 4) is 11.4 Å². The molecular weight excluding hydrogens is 252 g/mol. The summed E-state index contributed by atoms with van der Waals surface area (Å²) in [5.41, 5.74) is 3.57. The highest BCUT2D eigenvalue weighted by Crippen LogP contribution is 2.17. The van der Waals surface area contributed by atoms with E-state index in [2.05, 4.69) is 33.6 Å². The summed E-state index contributed by atoms with van der Waals surface area (Å²) in [6.07, 6.45) is 0. The van der Waals surface area contributed by atoms with Crippen LogP contribution in [0.15, 0.2) is 37.4 Å². The van der Waals surface area contributed by atoms with Crippen molar-refractivity contribution < 1.29 is 4.74 Å². The molecule has 102 valence electrons. The molecule has 0 amide bonds. The number of aromatic nitrogens is 4. The minimum absolute atomic E-state index is 0.510. The van der Waals surface area contributed by atoms with Crippen LogP contribution in [0.3, 0.4) is 0 Å². The standard InChI is InChI=1S/C15H16N4O/c1-5-20-11(4)13-7-9-15(19-17-13)14-8-6-12(10(2)3)16-18-14/h6-9H,2,4-5H2,1,3H3. The average molecular weight is 268 g/mol. The lowest BCUT2D eigenvalue weighted by Crippen LogP contribution is -1.98. The van der Waals surface area contributed by atoms with Gasteiger partial charge in [0.25, 0.3) is 0 Å². The van der Waals surface area contributed by atoms with Crippen molar-refractivity contribution in [2.24, 2.45) is 0 Å². The maximum atomic E-state index is 5.28. The van der Waals surface area contributed by atoms with Crippen molar-refractivity contribution in [3.05, 3.63) is 48.8 Å². The Morgan fingerprint density at radius 3 is 1.90 bits per heavy atom. The molecule has 20 heavy (non-hydrogen) atoms. The Morgan fingerprint density at radius 2 is 1.50 bits per heavy atom. The molecule has 0 unspecified atom stereocenters. The minimum atomic E-state index is 0.510. The SMILES string of the molecule is C=C(C)c1ccc(-c2ccc(C(=C)OCC)nn2)nn1. The summed E-state index contributed by atoms with van der Waals surface area (Å²) in [5, 5.41) is 16.4. The zero-order valence-corrected chi connectivity index (χ0v) is 11.6. The quantitative estimate of drug-likeness (QED) is 0.780. The Balaban J connectivity index is 2.21. The molecule has 2 aromatic heterocycles. The summed E-state index contributed by atoms with van der Waals surface area (Å²) in [7, 11) is 0. The van der Waals surface area contributed by atoms with Crippen molar-refractivity contribution in [1.29, 1.82) is 0 Å². The van der Waals surface area contributed by atoms with Crippen LogP contribution in [0.4, 0.5) is 0 Å². The number of rotatable bonds is 5. The van der Waals surface area contributed by atoms with Gasteiger partial charge in [0.2, 0.25) is 0 Å². The van der Waals surface area contributed by atoms with Crippen molar-refractivity contribution >= 4 is 11.3 Å². The molecule has 0 fully saturated rings. The fourth-order valence-electron chi connectivity index (χ4n) is 1.56. The monoisotopic (exact) mass is 268 g/mol. The number of allylic oxidation sites excluding steroid dienone is 1. The Kier molecular flexibility index (Phi) is 4.20. The minimum Gasteiger partial charge on any atom is -0.492 e. The van der Waals surface area contributed by atoms with Gasteiger partial charge in [-0.1, -0.05) is 13.2 Å². The Bertz CT molecular complexity index is 617. The molecule has 0 spiro atoms. The molecule has 0 aliphatic carbocycles.